The molecule has 96 valence electrons. The summed E-state index contributed by atoms with van der Waals surface area (Å²) in [4.78, 5) is 5.58. The first-order valence-electron chi connectivity index (χ1n) is 6.78. The summed E-state index contributed by atoms with van der Waals surface area (Å²) in [5.74, 6) is 0.689. The molecule has 0 aliphatic carbocycles. The topological polar surface area (TPSA) is 29.3 Å². The molecule has 2 unspecified atom stereocenters. The van der Waals surface area contributed by atoms with Crippen LogP contribution >= 0.6 is 11.3 Å². The number of likely N-dealkylation sites (tertiary alicyclic amines) is 1. The lowest BCUT2D eigenvalue weighted by atomic mass is 9.91. The van der Waals surface area contributed by atoms with Gasteiger partial charge in [0, 0.05) is 35.4 Å². The van der Waals surface area contributed by atoms with E-state index in [0.29, 0.717) is 12.0 Å². The summed E-state index contributed by atoms with van der Waals surface area (Å²) >= 11 is 1.96. The van der Waals surface area contributed by atoms with E-state index < -0.39 is 0 Å². The Kier molecular flexibility index (Phi) is 4.60. The van der Waals surface area contributed by atoms with Crippen LogP contribution < -0.4 is 5.73 Å². The van der Waals surface area contributed by atoms with Crippen LogP contribution in [0.4, 0.5) is 0 Å². The van der Waals surface area contributed by atoms with Crippen molar-refractivity contribution in [2.24, 2.45) is 11.7 Å². The molecule has 2 atom stereocenters. The SMILES string of the molecule is CCc1ccc(CN2CCC(N)C(CC)C2)s1. The van der Waals surface area contributed by atoms with Gasteiger partial charge >= 0.3 is 0 Å². The van der Waals surface area contributed by atoms with Crippen molar-refractivity contribution >= 4 is 11.3 Å². The van der Waals surface area contributed by atoms with Crippen molar-refractivity contribution in [2.45, 2.75) is 45.7 Å². The summed E-state index contributed by atoms with van der Waals surface area (Å²) in [6.45, 7) is 7.94. The molecule has 2 nitrogen and oxygen atoms in total. The minimum atomic E-state index is 0.422. The van der Waals surface area contributed by atoms with Crippen molar-refractivity contribution in [3.63, 3.8) is 0 Å². The molecule has 2 rings (SSSR count). The van der Waals surface area contributed by atoms with Gasteiger partial charge in [-0.1, -0.05) is 20.3 Å². The van der Waals surface area contributed by atoms with Gasteiger partial charge in [-0.2, -0.15) is 0 Å². The third kappa shape index (κ3) is 3.30. The van der Waals surface area contributed by atoms with Crippen LogP contribution in [0, 0.1) is 5.92 Å². The molecule has 3 heteroatoms. The van der Waals surface area contributed by atoms with Crippen LogP contribution in [-0.4, -0.2) is 24.0 Å². The van der Waals surface area contributed by atoms with Crippen LogP contribution in [0.15, 0.2) is 12.1 Å². The summed E-state index contributed by atoms with van der Waals surface area (Å²) in [5.41, 5.74) is 6.15. The average Bonchev–Trinajstić information content (AvgIpc) is 2.79. The Morgan fingerprint density at radius 3 is 2.76 bits per heavy atom. The van der Waals surface area contributed by atoms with Gasteiger partial charge in [0.15, 0.2) is 0 Å². The second kappa shape index (κ2) is 5.98. The minimum Gasteiger partial charge on any atom is -0.327 e. The van der Waals surface area contributed by atoms with Crippen molar-refractivity contribution in [3.05, 3.63) is 21.9 Å². The summed E-state index contributed by atoms with van der Waals surface area (Å²) in [6.07, 6.45) is 3.53. The molecule has 0 radical (unpaired) electrons. The Balaban J connectivity index is 1.90. The largest absolute Gasteiger partial charge is 0.327 e. The van der Waals surface area contributed by atoms with E-state index in [1.807, 2.05) is 11.3 Å². The first kappa shape index (κ1) is 13.1. The van der Waals surface area contributed by atoms with Gasteiger partial charge in [-0.3, -0.25) is 4.90 Å². The number of thiophene rings is 1. The highest BCUT2D eigenvalue weighted by Crippen LogP contribution is 2.23. The van der Waals surface area contributed by atoms with E-state index in [0.717, 1.165) is 25.9 Å². The fraction of sp³-hybridized carbons (Fsp3) is 0.714. The number of rotatable bonds is 4. The van der Waals surface area contributed by atoms with E-state index in [-0.39, 0.29) is 0 Å². The van der Waals surface area contributed by atoms with Gasteiger partial charge in [0.1, 0.15) is 0 Å². The first-order chi connectivity index (χ1) is 8.22. The molecule has 1 aliphatic rings. The fourth-order valence-corrected chi connectivity index (χ4v) is 3.62. The van der Waals surface area contributed by atoms with Crippen molar-refractivity contribution in [1.29, 1.82) is 0 Å². The second-order valence-corrected chi connectivity index (χ2v) is 6.33. The van der Waals surface area contributed by atoms with E-state index in [9.17, 15) is 0 Å². The molecular formula is C14H24N2S. The van der Waals surface area contributed by atoms with Crippen LogP contribution in [0.2, 0.25) is 0 Å². The molecule has 0 saturated carbocycles. The molecule has 2 heterocycles. The molecule has 17 heavy (non-hydrogen) atoms. The van der Waals surface area contributed by atoms with Gasteiger partial charge < -0.3 is 5.73 Å². The number of hydrogen-bond acceptors (Lipinski definition) is 3. The molecule has 1 fully saturated rings. The zero-order valence-electron chi connectivity index (χ0n) is 11.0. The summed E-state index contributed by atoms with van der Waals surface area (Å²) in [5, 5.41) is 0. The van der Waals surface area contributed by atoms with Crippen LogP contribution in [0.25, 0.3) is 0 Å². The molecule has 0 spiro atoms. The zero-order valence-corrected chi connectivity index (χ0v) is 11.8. The number of aryl methyl sites for hydroxylation is 1. The fourth-order valence-electron chi connectivity index (χ4n) is 2.62. The van der Waals surface area contributed by atoms with Crippen LogP contribution in [-0.2, 0) is 13.0 Å². The van der Waals surface area contributed by atoms with E-state index in [4.69, 9.17) is 5.73 Å². The van der Waals surface area contributed by atoms with Crippen LogP contribution in [0.5, 0.6) is 0 Å². The molecule has 0 aromatic carbocycles. The van der Waals surface area contributed by atoms with Crippen molar-refractivity contribution in [2.75, 3.05) is 13.1 Å². The predicted molar refractivity (Wildman–Crippen MR) is 75.3 cm³/mol. The number of piperidine rings is 1. The van der Waals surface area contributed by atoms with Crippen molar-refractivity contribution in [3.8, 4) is 0 Å². The maximum absolute atomic E-state index is 6.15. The number of hydrogen-bond donors (Lipinski definition) is 1. The highest BCUT2D eigenvalue weighted by molar-refractivity contribution is 7.11. The average molecular weight is 252 g/mol. The molecule has 1 aliphatic heterocycles. The second-order valence-electron chi connectivity index (χ2n) is 5.08. The Morgan fingerprint density at radius 2 is 2.12 bits per heavy atom. The smallest absolute Gasteiger partial charge is 0.0328 e. The molecule has 1 aromatic heterocycles. The lowest BCUT2D eigenvalue weighted by molar-refractivity contribution is 0.146. The minimum absolute atomic E-state index is 0.422. The maximum Gasteiger partial charge on any atom is 0.0328 e. The van der Waals surface area contributed by atoms with Gasteiger partial charge in [-0.15, -0.1) is 11.3 Å². The molecular weight excluding hydrogens is 228 g/mol. The molecule has 1 aromatic rings. The third-order valence-corrected chi connectivity index (χ3v) is 5.06. The standard InChI is InChI=1S/C14H24N2S/c1-3-11-9-16(8-7-14(11)15)10-13-6-5-12(4-2)17-13/h5-6,11,14H,3-4,7-10,15H2,1-2H3. The van der Waals surface area contributed by atoms with E-state index in [2.05, 4.69) is 30.9 Å². The quantitative estimate of drug-likeness (QED) is 0.893. The van der Waals surface area contributed by atoms with Gasteiger partial charge in [0.2, 0.25) is 0 Å². The van der Waals surface area contributed by atoms with E-state index >= 15 is 0 Å². The Bertz CT molecular complexity index is 348. The first-order valence-corrected chi connectivity index (χ1v) is 7.60. The summed E-state index contributed by atoms with van der Waals surface area (Å²) < 4.78 is 0. The normalized spacial score (nSPS) is 26.3. The van der Waals surface area contributed by atoms with Crippen molar-refractivity contribution in [1.82, 2.24) is 4.90 Å². The van der Waals surface area contributed by atoms with E-state index in [1.54, 1.807) is 0 Å². The Morgan fingerprint density at radius 1 is 1.35 bits per heavy atom. The molecule has 2 N–H and O–H groups in total. The summed E-state index contributed by atoms with van der Waals surface area (Å²) in [6, 6.07) is 4.98. The molecule has 0 bridgehead atoms. The van der Waals surface area contributed by atoms with Gasteiger partial charge in [-0.05, 0) is 30.9 Å². The van der Waals surface area contributed by atoms with Crippen LogP contribution in [0.1, 0.15) is 36.4 Å². The van der Waals surface area contributed by atoms with Gasteiger partial charge in [0.25, 0.3) is 0 Å². The van der Waals surface area contributed by atoms with E-state index in [1.165, 1.54) is 22.7 Å². The Labute approximate surface area is 109 Å². The molecule has 1 saturated heterocycles. The maximum atomic E-state index is 6.15. The van der Waals surface area contributed by atoms with Gasteiger partial charge in [-0.25, -0.2) is 0 Å². The highest BCUT2D eigenvalue weighted by Gasteiger charge is 2.25. The highest BCUT2D eigenvalue weighted by atomic mass is 32.1. The third-order valence-electron chi connectivity index (χ3n) is 3.85. The number of nitrogens with zero attached hydrogens (tertiary/aromatic N) is 1. The summed E-state index contributed by atoms with van der Waals surface area (Å²) in [7, 11) is 0. The lowest BCUT2D eigenvalue weighted by Crippen LogP contribution is -2.46. The van der Waals surface area contributed by atoms with Gasteiger partial charge in [0.05, 0.1) is 0 Å². The number of nitrogens with two attached hydrogens (primary N) is 1. The zero-order chi connectivity index (χ0) is 12.3. The molecule has 0 amide bonds. The monoisotopic (exact) mass is 252 g/mol. The van der Waals surface area contributed by atoms with Crippen LogP contribution in [0.3, 0.4) is 0 Å². The predicted octanol–water partition coefficient (Wildman–Crippen LogP) is 2.87. The lowest BCUT2D eigenvalue weighted by Gasteiger charge is -2.36. The van der Waals surface area contributed by atoms with Crippen molar-refractivity contribution < 1.29 is 0 Å². The Hall–Kier alpha value is -0.380.